The summed E-state index contributed by atoms with van der Waals surface area (Å²) in [7, 11) is 0. The number of aryl methyl sites for hydroxylation is 1. The molecule has 4 heterocycles. The number of aliphatic hydroxyl groups is 1. The van der Waals surface area contributed by atoms with Crippen molar-refractivity contribution in [3.05, 3.63) is 61.7 Å². The fourth-order valence-corrected chi connectivity index (χ4v) is 8.04. The number of esters is 1. The van der Waals surface area contributed by atoms with E-state index in [1.165, 1.54) is 17.6 Å². The van der Waals surface area contributed by atoms with Crippen LogP contribution in [0.3, 0.4) is 0 Å². The van der Waals surface area contributed by atoms with Gasteiger partial charge < -0.3 is 51.3 Å². The number of nitrogens with zero attached hydrogens (tertiary/aromatic N) is 2. The van der Waals surface area contributed by atoms with Crippen molar-refractivity contribution in [1.82, 2.24) is 30.8 Å². The maximum Gasteiger partial charge on any atom is 0.342 e. The van der Waals surface area contributed by atoms with Crippen LogP contribution in [0.4, 0.5) is 4.39 Å². The molecular weight excluding hydrogens is 749 g/mol. The van der Waals surface area contributed by atoms with Crippen LogP contribution >= 0.6 is 0 Å². The second-order valence-electron chi connectivity index (χ2n) is 14.9. The minimum Gasteiger partial charge on any atom is -0.481 e. The van der Waals surface area contributed by atoms with Crippen molar-refractivity contribution in [2.45, 2.75) is 89.3 Å². The molecule has 0 unspecified atom stereocenters. The van der Waals surface area contributed by atoms with Gasteiger partial charge in [-0.05, 0) is 68.7 Å². The second-order valence-corrected chi connectivity index (χ2v) is 14.9. The van der Waals surface area contributed by atoms with Gasteiger partial charge in [-0.2, -0.15) is 0 Å². The average Bonchev–Trinajstić information content (AvgIpc) is 3.52. The first-order valence-electron chi connectivity index (χ1n) is 18.6. The molecule has 2 aromatic heterocycles. The third-order valence-corrected chi connectivity index (χ3v) is 11.3. The Bertz CT molecular complexity index is 2300. The number of aliphatic carboxylic acids is 1. The van der Waals surface area contributed by atoms with E-state index in [-0.39, 0.29) is 55.9 Å². The van der Waals surface area contributed by atoms with E-state index < -0.39 is 77.7 Å². The van der Waals surface area contributed by atoms with Gasteiger partial charge in [0.2, 0.25) is 23.6 Å². The number of carbonyl (C=O) groups excluding carboxylic acids is 5. The number of hydrogen-bond donors (Lipinski definition) is 7. The van der Waals surface area contributed by atoms with Crippen molar-refractivity contribution in [3.63, 3.8) is 0 Å². The fraction of sp³-hybridized carbons (Fsp3) is 0.474. The number of hydrogen-bond acceptors (Lipinski definition) is 12. The number of carboxylic acid groups (broad SMARTS) is 1. The summed E-state index contributed by atoms with van der Waals surface area (Å²) in [6.07, 6.45) is 0.758. The zero-order valence-corrected chi connectivity index (χ0v) is 31.2. The predicted molar refractivity (Wildman–Crippen MR) is 195 cm³/mol. The number of halogens is 1. The average molecular weight is 792 g/mol. The monoisotopic (exact) mass is 791 g/mol. The molecule has 18 nitrogen and oxygen atoms in total. The van der Waals surface area contributed by atoms with Crippen LogP contribution in [0.2, 0.25) is 0 Å². The smallest absolute Gasteiger partial charge is 0.342 e. The zero-order valence-electron chi connectivity index (χ0n) is 31.2. The van der Waals surface area contributed by atoms with E-state index in [1.807, 2.05) is 0 Å². The van der Waals surface area contributed by atoms with Gasteiger partial charge in [-0.1, -0.05) is 0 Å². The summed E-state index contributed by atoms with van der Waals surface area (Å²) < 4.78 is 27.6. The maximum absolute atomic E-state index is 15.2. The number of cyclic esters (lactones) is 1. The van der Waals surface area contributed by atoms with Crippen LogP contribution in [0.25, 0.3) is 22.3 Å². The van der Waals surface area contributed by atoms with Crippen molar-refractivity contribution < 1.29 is 52.8 Å². The van der Waals surface area contributed by atoms with Crippen LogP contribution in [0.15, 0.2) is 16.9 Å². The normalized spacial score (nSPS) is 21.9. The van der Waals surface area contributed by atoms with E-state index in [0.29, 0.717) is 53.7 Å². The van der Waals surface area contributed by atoms with E-state index >= 15 is 4.39 Å². The second kappa shape index (κ2) is 15.3. The van der Waals surface area contributed by atoms with Gasteiger partial charge in [0, 0.05) is 34.9 Å². The van der Waals surface area contributed by atoms with E-state index in [2.05, 4.69) is 21.3 Å². The van der Waals surface area contributed by atoms with Gasteiger partial charge in [0.1, 0.15) is 25.2 Å². The Kier molecular flexibility index (Phi) is 10.6. The predicted octanol–water partition coefficient (Wildman–Crippen LogP) is -0.466. The Labute approximate surface area is 323 Å². The molecule has 0 saturated heterocycles. The number of benzene rings is 1. The molecule has 302 valence electrons. The van der Waals surface area contributed by atoms with Crippen molar-refractivity contribution >= 4 is 46.5 Å². The molecule has 2 aliphatic heterocycles. The van der Waals surface area contributed by atoms with Gasteiger partial charge in [-0.25, -0.2) is 14.2 Å². The SMILES string of the molecule is Cc1c(F)cc2nc3c(c4c2c1CC[C@@H]4NC(=O)C1CC(OCNC(=O)CNC(=O)[C@H](CCC(=O)O)NC(=O)CN)C1)Cn1c-3cc2c(c1=O)COC(=O)[C@@]2(C)O. The van der Waals surface area contributed by atoms with Crippen LogP contribution in [0, 0.1) is 18.7 Å². The standard InChI is InChI=1S/C38H42FN7O11/c1-16-19-3-4-24(45-34(51)17-7-18(8-17)57-15-42-29(48)12-41-35(52)25(5-6-30(49)50)43-28(47)11-40)32-20-13-46-27(33(20)44-26(31(19)32)10-23(16)39)9-22-21(36(46)53)14-56-37(54)38(22,2)55/h9-10,17-18,24-25,55H,3-8,11-15,40H2,1-2H3,(H,41,52)(H,42,48)(H,43,47)(H,45,51)(H,49,50)/t17?,18?,24-,25-,38-/m0/s1. The summed E-state index contributed by atoms with van der Waals surface area (Å²) in [6, 6.07) is 1.23. The summed E-state index contributed by atoms with van der Waals surface area (Å²) in [4.78, 5) is 92.1. The third-order valence-electron chi connectivity index (χ3n) is 11.3. The topological polar surface area (TPSA) is 270 Å². The molecule has 19 heteroatoms. The van der Waals surface area contributed by atoms with Crippen LogP contribution in [0.5, 0.6) is 0 Å². The Hall–Kier alpha value is -5.79. The van der Waals surface area contributed by atoms with Crippen molar-refractivity contribution in [2.24, 2.45) is 11.7 Å². The molecule has 4 aliphatic rings. The van der Waals surface area contributed by atoms with Crippen LogP contribution < -0.4 is 32.6 Å². The molecule has 4 amide bonds. The van der Waals surface area contributed by atoms with Crippen LogP contribution in [0.1, 0.15) is 78.5 Å². The maximum atomic E-state index is 15.2. The van der Waals surface area contributed by atoms with Gasteiger partial charge in [-0.3, -0.25) is 28.8 Å². The number of carbonyl (C=O) groups is 6. The molecule has 0 bridgehead atoms. The number of nitrogens with one attached hydrogen (secondary N) is 4. The Morgan fingerprint density at radius 2 is 1.88 bits per heavy atom. The number of ether oxygens (including phenoxy) is 2. The molecular formula is C38H42FN7O11. The Morgan fingerprint density at radius 1 is 1.12 bits per heavy atom. The highest BCUT2D eigenvalue weighted by Gasteiger charge is 2.44. The Morgan fingerprint density at radius 3 is 2.60 bits per heavy atom. The first-order valence-corrected chi connectivity index (χ1v) is 18.6. The fourth-order valence-electron chi connectivity index (χ4n) is 8.04. The van der Waals surface area contributed by atoms with Gasteiger partial charge in [0.05, 0.1) is 54.2 Å². The molecule has 7 rings (SSSR count). The molecule has 0 spiro atoms. The number of fused-ring (bicyclic) bond motifs is 5. The number of pyridine rings is 2. The number of amides is 4. The summed E-state index contributed by atoms with van der Waals surface area (Å²) in [6.45, 7) is 1.72. The highest BCUT2D eigenvalue weighted by Crippen LogP contribution is 2.46. The first-order chi connectivity index (χ1) is 27.1. The molecule has 3 atom stereocenters. The molecule has 3 aromatic rings. The highest BCUT2D eigenvalue weighted by atomic mass is 19.1. The van der Waals surface area contributed by atoms with Gasteiger partial charge >= 0.3 is 11.9 Å². The number of carboxylic acids is 1. The van der Waals surface area contributed by atoms with Gasteiger partial charge in [-0.15, -0.1) is 0 Å². The molecule has 1 aromatic carbocycles. The van der Waals surface area contributed by atoms with Crippen LogP contribution in [-0.2, 0) is 63.4 Å². The lowest BCUT2D eigenvalue weighted by Gasteiger charge is -2.36. The lowest BCUT2D eigenvalue weighted by molar-refractivity contribution is -0.169. The van der Waals surface area contributed by atoms with E-state index in [9.17, 15) is 38.7 Å². The van der Waals surface area contributed by atoms with Crippen LogP contribution in [-0.4, -0.2) is 87.3 Å². The first kappa shape index (κ1) is 39.4. The molecule has 57 heavy (non-hydrogen) atoms. The molecule has 0 radical (unpaired) electrons. The van der Waals surface area contributed by atoms with Gasteiger partial charge in [0.15, 0.2) is 5.60 Å². The number of rotatable bonds is 13. The minimum absolute atomic E-state index is 0.109. The van der Waals surface area contributed by atoms with Crippen molar-refractivity contribution in [2.75, 3.05) is 19.8 Å². The summed E-state index contributed by atoms with van der Waals surface area (Å²) in [5, 5.41) is 31.0. The lowest BCUT2D eigenvalue weighted by atomic mass is 9.79. The van der Waals surface area contributed by atoms with E-state index in [4.69, 9.17) is 25.3 Å². The molecule has 1 saturated carbocycles. The lowest BCUT2D eigenvalue weighted by Crippen LogP contribution is -2.50. The quantitative estimate of drug-likeness (QED) is 0.0668. The summed E-state index contributed by atoms with van der Waals surface area (Å²) in [5.41, 5.74) is 6.85. The summed E-state index contributed by atoms with van der Waals surface area (Å²) >= 11 is 0. The third kappa shape index (κ3) is 7.33. The van der Waals surface area contributed by atoms with E-state index in [0.717, 1.165) is 16.5 Å². The highest BCUT2D eigenvalue weighted by molar-refractivity contribution is 5.94. The minimum atomic E-state index is -2.06. The van der Waals surface area contributed by atoms with Gasteiger partial charge in [0.25, 0.3) is 5.56 Å². The summed E-state index contributed by atoms with van der Waals surface area (Å²) in [5.74, 6) is -5.09. The molecule has 2 aliphatic carbocycles. The zero-order chi connectivity index (χ0) is 40.9. The van der Waals surface area contributed by atoms with Crippen molar-refractivity contribution in [1.29, 1.82) is 0 Å². The number of nitrogens with two attached hydrogens (primary N) is 1. The van der Waals surface area contributed by atoms with E-state index in [1.54, 1.807) is 13.0 Å². The largest absolute Gasteiger partial charge is 0.481 e. The Balaban J connectivity index is 0.996. The molecule has 1 fully saturated rings. The number of aromatic nitrogens is 2. The molecule has 8 N–H and O–H groups in total. The van der Waals surface area contributed by atoms with Crippen molar-refractivity contribution in [3.8, 4) is 11.4 Å².